The van der Waals surface area contributed by atoms with Gasteiger partial charge in [-0.05, 0) is 13.3 Å². The molecule has 18 heavy (non-hydrogen) atoms. The van der Waals surface area contributed by atoms with E-state index in [1.807, 2.05) is 6.92 Å². The molecular formula is C13H26N2O3. The van der Waals surface area contributed by atoms with Crippen LogP contribution in [0, 0.1) is 0 Å². The van der Waals surface area contributed by atoms with Crippen molar-refractivity contribution < 1.29 is 14.3 Å². The van der Waals surface area contributed by atoms with Crippen LogP contribution in [0.15, 0.2) is 0 Å². The predicted molar refractivity (Wildman–Crippen MR) is 70.6 cm³/mol. The maximum absolute atomic E-state index is 11.8. The monoisotopic (exact) mass is 258 g/mol. The first kappa shape index (κ1) is 15.4. The number of carbonyl (C=O) groups excluding carboxylic acids is 1. The van der Waals surface area contributed by atoms with Crippen LogP contribution < -0.4 is 5.32 Å². The summed E-state index contributed by atoms with van der Waals surface area (Å²) in [6, 6.07) is -0.159. The summed E-state index contributed by atoms with van der Waals surface area (Å²) >= 11 is 0. The average molecular weight is 258 g/mol. The number of hydrogen-bond donors (Lipinski definition) is 1. The summed E-state index contributed by atoms with van der Waals surface area (Å²) in [6.07, 6.45) is 2.25. The molecule has 1 saturated heterocycles. The van der Waals surface area contributed by atoms with E-state index in [9.17, 15) is 4.79 Å². The Morgan fingerprint density at radius 3 is 2.94 bits per heavy atom. The van der Waals surface area contributed by atoms with Crippen molar-refractivity contribution in [2.75, 3.05) is 46.0 Å². The van der Waals surface area contributed by atoms with Gasteiger partial charge < -0.3 is 14.8 Å². The lowest BCUT2D eigenvalue weighted by Gasteiger charge is -2.34. The lowest BCUT2D eigenvalue weighted by molar-refractivity contribution is -0.150. The molecule has 0 aromatic rings. The van der Waals surface area contributed by atoms with Crippen LogP contribution in [0.2, 0.25) is 0 Å². The summed E-state index contributed by atoms with van der Waals surface area (Å²) in [5.74, 6) is -0.127. The van der Waals surface area contributed by atoms with E-state index in [0.29, 0.717) is 19.8 Å². The minimum Gasteiger partial charge on any atom is -0.465 e. The number of piperazine rings is 1. The first-order chi connectivity index (χ1) is 8.79. The third kappa shape index (κ3) is 5.33. The molecule has 0 radical (unpaired) electrons. The van der Waals surface area contributed by atoms with Crippen molar-refractivity contribution in [2.45, 2.75) is 32.7 Å². The zero-order chi connectivity index (χ0) is 13.2. The van der Waals surface area contributed by atoms with E-state index in [0.717, 1.165) is 39.1 Å². The summed E-state index contributed by atoms with van der Waals surface area (Å²) in [5, 5.41) is 3.23. The second-order valence-electron chi connectivity index (χ2n) is 4.47. The van der Waals surface area contributed by atoms with Gasteiger partial charge in [0.2, 0.25) is 0 Å². The van der Waals surface area contributed by atoms with Crippen LogP contribution in [-0.2, 0) is 14.3 Å². The number of ether oxygens (including phenoxy) is 2. The third-order valence-corrected chi connectivity index (χ3v) is 3.08. The zero-order valence-corrected chi connectivity index (χ0v) is 11.6. The summed E-state index contributed by atoms with van der Waals surface area (Å²) in [7, 11) is 0. The quantitative estimate of drug-likeness (QED) is 0.511. The van der Waals surface area contributed by atoms with E-state index in [4.69, 9.17) is 9.47 Å². The summed E-state index contributed by atoms with van der Waals surface area (Å²) in [6.45, 7) is 9.20. The molecule has 5 nitrogen and oxygen atoms in total. The van der Waals surface area contributed by atoms with Crippen LogP contribution in [-0.4, -0.2) is 62.9 Å². The highest BCUT2D eigenvalue weighted by atomic mass is 16.5. The molecule has 1 aliphatic rings. The molecule has 0 aliphatic carbocycles. The molecule has 1 fully saturated rings. The molecular weight excluding hydrogens is 232 g/mol. The smallest absolute Gasteiger partial charge is 0.324 e. The van der Waals surface area contributed by atoms with Gasteiger partial charge in [0.1, 0.15) is 6.04 Å². The lowest BCUT2D eigenvalue weighted by Crippen LogP contribution is -2.56. The lowest BCUT2D eigenvalue weighted by atomic mass is 10.2. The van der Waals surface area contributed by atoms with Crippen LogP contribution in [0.5, 0.6) is 0 Å². The molecule has 1 aliphatic heterocycles. The van der Waals surface area contributed by atoms with E-state index in [1.165, 1.54) is 0 Å². The van der Waals surface area contributed by atoms with Crippen molar-refractivity contribution in [3.05, 3.63) is 0 Å². The number of nitrogens with one attached hydrogen (secondary N) is 1. The maximum Gasteiger partial charge on any atom is 0.324 e. The molecule has 0 aromatic heterocycles. The van der Waals surface area contributed by atoms with Crippen molar-refractivity contribution in [3.8, 4) is 0 Å². The molecule has 5 heteroatoms. The highest BCUT2D eigenvalue weighted by Gasteiger charge is 2.29. The highest BCUT2D eigenvalue weighted by Crippen LogP contribution is 2.05. The second-order valence-corrected chi connectivity index (χ2v) is 4.47. The Labute approximate surface area is 110 Å². The van der Waals surface area contributed by atoms with Gasteiger partial charge in [0.05, 0.1) is 13.2 Å². The summed E-state index contributed by atoms with van der Waals surface area (Å²) < 4.78 is 10.6. The SMILES string of the molecule is CCCCOCCN1CCNCC1C(=O)OCC. The van der Waals surface area contributed by atoms with Crippen LogP contribution in [0.3, 0.4) is 0 Å². The van der Waals surface area contributed by atoms with Crippen molar-refractivity contribution >= 4 is 5.97 Å². The molecule has 0 bridgehead atoms. The van der Waals surface area contributed by atoms with E-state index in [1.54, 1.807) is 0 Å². The van der Waals surface area contributed by atoms with Crippen molar-refractivity contribution in [3.63, 3.8) is 0 Å². The van der Waals surface area contributed by atoms with Crippen molar-refractivity contribution in [2.24, 2.45) is 0 Å². The minimum atomic E-state index is -0.159. The molecule has 1 N–H and O–H groups in total. The van der Waals surface area contributed by atoms with Gasteiger partial charge in [-0.1, -0.05) is 13.3 Å². The predicted octanol–water partition coefficient (Wildman–Crippen LogP) is 0.640. The van der Waals surface area contributed by atoms with E-state index < -0.39 is 0 Å². The molecule has 0 aromatic carbocycles. The fourth-order valence-corrected chi connectivity index (χ4v) is 2.02. The maximum atomic E-state index is 11.8. The molecule has 0 amide bonds. The highest BCUT2D eigenvalue weighted by molar-refractivity contribution is 5.76. The Balaban J connectivity index is 2.28. The molecule has 1 rings (SSSR count). The Hall–Kier alpha value is -0.650. The fraction of sp³-hybridized carbons (Fsp3) is 0.923. The Kier molecular flexibility index (Phi) is 7.96. The van der Waals surface area contributed by atoms with Gasteiger partial charge >= 0.3 is 5.97 Å². The average Bonchev–Trinajstić information content (AvgIpc) is 2.39. The molecule has 106 valence electrons. The van der Waals surface area contributed by atoms with Gasteiger partial charge in [-0.3, -0.25) is 9.69 Å². The molecule has 1 unspecified atom stereocenters. The normalized spacial score (nSPS) is 20.9. The third-order valence-electron chi connectivity index (χ3n) is 3.08. The van der Waals surface area contributed by atoms with Crippen LogP contribution >= 0.6 is 0 Å². The van der Waals surface area contributed by atoms with E-state index in [2.05, 4.69) is 17.1 Å². The van der Waals surface area contributed by atoms with Crippen LogP contribution in [0.25, 0.3) is 0 Å². The summed E-state index contributed by atoms with van der Waals surface area (Å²) in [5.41, 5.74) is 0. The Morgan fingerprint density at radius 1 is 1.39 bits per heavy atom. The largest absolute Gasteiger partial charge is 0.465 e. The van der Waals surface area contributed by atoms with Gasteiger partial charge in [-0.15, -0.1) is 0 Å². The fourth-order valence-electron chi connectivity index (χ4n) is 2.02. The number of nitrogens with zero attached hydrogens (tertiary/aromatic N) is 1. The zero-order valence-electron chi connectivity index (χ0n) is 11.6. The van der Waals surface area contributed by atoms with E-state index in [-0.39, 0.29) is 12.0 Å². The summed E-state index contributed by atoms with van der Waals surface area (Å²) in [4.78, 5) is 14.0. The van der Waals surface area contributed by atoms with Gasteiger partial charge in [0, 0.05) is 32.8 Å². The minimum absolute atomic E-state index is 0.127. The molecule has 1 heterocycles. The Bertz CT molecular complexity index is 236. The molecule has 0 saturated carbocycles. The molecule has 0 spiro atoms. The van der Waals surface area contributed by atoms with Crippen molar-refractivity contribution in [1.82, 2.24) is 10.2 Å². The van der Waals surface area contributed by atoms with Gasteiger partial charge in [-0.25, -0.2) is 0 Å². The number of unbranched alkanes of at least 4 members (excludes halogenated alkanes) is 1. The standard InChI is InChI=1S/C13H26N2O3/c1-3-5-9-17-10-8-15-7-6-14-11-12(15)13(16)18-4-2/h12,14H,3-11H2,1-2H3. The first-order valence-corrected chi connectivity index (χ1v) is 6.98. The number of rotatable bonds is 8. The first-order valence-electron chi connectivity index (χ1n) is 6.98. The van der Waals surface area contributed by atoms with Gasteiger partial charge in [0.15, 0.2) is 0 Å². The van der Waals surface area contributed by atoms with Crippen LogP contribution in [0.4, 0.5) is 0 Å². The second kappa shape index (κ2) is 9.30. The number of esters is 1. The van der Waals surface area contributed by atoms with E-state index >= 15 is 0 Å². The number of hydrogen-bond acceptors (Lipinski definition) is 5. The van der Waals surface area contributed by atoms with Crippen LogP contribution in [0.1, 0.15) is 26.7 Å². The topological polar surface area (TPSA) is 50.8 Å². The van der Waals surface area contributed by atoms with Gasteiger partial charge in [-0.2, -0.15) is 0 Å². The van der Waals surface area contributed by atoms with Crippen molar-refractivity contribution in [1.29, 1.82) is 0 Å². The Morgan fingerprint density at radius 2 is 2.22 bits per heavy atom. The molecule has 1 atom stereocenters. The number of carbonyl (C=O) groups is 1. The van der Waals surface area contributed by atoms with Gasteiger partial charge in [0.25, 0.3) is 0 Å².